The van der Waals surface area contributed by atoms with Gasteiger partial charge in [0.15, 0.2) is 5.78 Å². The van der Waals surface area contributed by atoms with Gasteiger partial charge in [0.1, 0.15) is 11.2 Å². The van der Waals surface area contributed by atoms with Crippen molar-refractivity contribution >= 4 is 29.1 Å². The van der Waals surface area contributed by atoms with E-state index < -0.39 is 11.0 Å². The second-order valence-corrected chi connectivity index (χ2v) is 8.73. The minimum Gasteiger partial charge on any atom is -0.369 e. The van der Waals surface area contributed by atoms with Crippen LogP contribution in [0, 0.1) is 5.41 Å². The maximum Gasteiger partial charge on any atom is 0.259 e. The summed E-state index contributed by atoms with van der Waals surface area (Å²) in [7, 11) is 1.66. The first-order valence-electron chi connectivity index (χ1n) is 9.48. The molecule has 0 fully saturated rings. The number of nitrogens with two attached hydrogens (primary N) is 1. The first-order chi connectivity index (χ1) is 13.7. The number of benzene rings is 1. The highest BCUT2D eigenvalue weighted by Gasteiger charge is 2.61. The van der Waals surface area contributed by atoms with Gasteiger partial charge in [-0.2, -0.15) is 4.98 Å². The Bertz CT molecular complexity index is 1210. The summed E-state index contributed by atoms with van der Waals surface area (Å²) in [4.78, 5) is 48.6. The Balaban J connectivity index is 1.96. The number of para-hydroxylation sites is 1. The molecule has 1 amide bonds. The summed E-state index contributed by atoms with van der Waals surface area (Å²) in [5.74, 6) is -0.286. The lowest BCUT2D eigenvalue weighted by Crippen LogP contribution is -2.52. The summed E-state index contributed by atoms with van der Waals surface area (Å²) in [6, 6.07) is 7.26. The van der Waals surface area contributed by atoms with Crippen LogP contribution in [0.3, 0.4) is 0 Å². The molecule has 3 aliphatic rings. The molecule has 29 heavy (non-hydrogen) atoms. The molecule has 0 bridgehead atoms. The van der Waals surface area contributed by atoms with Gasteiger partial charge in [0.05, 0.1) is 5.56 Å². The van der Waals surface area contributed by atoms with Crippen LogP contribution in [-0.4, -0.2) is 28.7 Å². The third-order valence-corrected chi connectivity index (χ3v) is 6.13. The van der Waals surface area contributed by atoms with Crippen LogP contribution in [0.15, 0.2) is 40.3 Å². The Kier molecular flexibility index (Phi) is 3.25. The van der Waals surface area contributed by atoms with Gasteiger partial charge in [-0.1, -0.05) is 32.0 Å². The molecule has 1 aromatic heterocycles. The van der Waals surface area contributed by atoms with Gasteiger partial charge in [0, 0.05) is 36.0 Å². The molecule has 2 aromatic rings. The van der Waals surface area contributed by atoms with Crippen molar-refractivity contribution in [2.24, 2.45) is 5.41 Å². The Morgan fingerprint density at radius 2 is 1.86 bits per heavy atom. The SMILES string of the molecule is CN1C(=O)C2(C3=C(CC(C)(C)CC3=O)Nc3nc(N)[nH]c(=O)c32)c2ccccc21. The summed E-state index contributed by atoms with van der Waals surface area (Å²) in [6.45, 7) is 4.02. The normalized spacial score (nSPS) is 24.3. The van der Waals surface area contributed by atoms with E-state index in [4.69, 9.17) is 5.73 Å². The molecular formula is C21H21N5O3. The van der Waals surface area contributed by atoms with E-state index in [1.54, 1.807) is 13.1 Å². The number of aromatic nitrogens is 2. The highest BCUT2D eigenvalue weighted by Crippen LogP contribution is 2.56. The number of aromatic amines is 1. The lowest BCUT2D eigenvalue weighted by Gasteiger charge is -2.42. The highest BCUT2D eigenvalue weighted by molar-refractivity contribution is 6.20. The highest BCUT2D eigenvalue weighted by atomic mass is 16.2. The average Bonchev–Trinajstić information content (AvgIpc) is 2.83. The van der Waals surface area contributed by atoms with Gasteiger partial charge in [-0.3, -0.25) is 19.4 Å². The first-order valence-corrected chi connectivity index (χ1v) is 9.48. The van der Waals surface area contributed by atoms with Gasteiger partial charge in [-0.25, -0.2) is 0 Å². The van der Waals surface area contributed by atoms with Crippen molar-refractivity contribution < 1.29 is 9.59 Å². The van der Waals surface area contributed by atoms with Crippen LogP contribution in [0.4, 0.5) is 17.5 Å². The number of amides is 1. The first kappa shape index (κ1) is 17.7. The summed E-state index contributed by atoms with van der Waals surface area (Å²) in [5.41, 5.74) is 5.86. The molecule has 4 N–H and O–H groups in total. The number of nitrogens with zero attached hydrogens (tertiary/aromatic N) is 2. The number of fused-ring (bicyclic) bond motifs is 5. The quantitative estimate of drug-likeness (QED) is 0.628. The molecule has 1 atom stereocenters. The van der Waals surface area contributed by atoms with Crippen LogP contribution in [0.1, 0.15) is 37.8 Å². The number of carbonyl (C=O) groups is 2. The molecule has 0 saturated carbocycles. The van der Waals surface area contributed by atoms with E-state index in [1.165, 1.54) is 4.90 Å². The number of anilines is 3. The fourth-order valence-corrected chi connectivity index (χ4v) is 5.10. The van der Waals surface area contributed by atoms with Crippen LogP contribution in [0.25, 0.3) is 0 Å². The number of rotatable bonds is 0. The monoisotopic (exact) mass is 391 g/mol. The summed E-state index contributed by atoms with van der Waals surface area (Å²) in [6.07, 6.45) is 0.854. The lowest BCUT2D eigenvalue weighted by atomic mass is 9.61. The molecule has 0 saturated heterocycles. The van der Waals surface area contributed by atoms with Crippen molar-refractivity contribution in [3.8, 4) is 0 Å². The minimum atomic E-state index is -1.52. The molecule has 2 aliphatic heterocycles. The second kappa shape index (κ2) is 5.34. The van der Waals surface area contributed by atoms with E-state index in [0.717, 1.165) is 0 Å². The molecule has 1 aromatic carbocycles. The number of nitrogen functional groups attached to an aromatic ring is 1. The van der Waals surface area contributed by atoms with Gasteiger partial charge >= 0.3 is 0 Å². The molecule has 1 aliphatic carbocycles. The molecule has 1 spiro atoms. The number of Topliss-reactive ketones (excluding diaryl/α,β-unsaturated/α-hetero) is 1. The second-order valence-electron chi connectivity index (χ2n) is 8.73. The van der Waals surface area contributed by atoms with Gasteiger partial charge in [0.2, 0.25) is 11.9 Å². The van der Waals surface area contributed by atoms with Crippen LogP contribution >= 0.6 is 0 Å². The number of ketones is 1. The molecule has 3 heterocycles. The number of nitrogens with one attached hydrogen (secondary N) is 2. The lowest BCUT2D eigenvalue weighted by molar-refractivity contribution is -0.124. The van der Waals surface area contributed by atoms with E-state index >= 15 is 0 Å². The van der Waals surface area contributed by atoms with Crippen LogP contribution in [-0.2, 0) is 15.0 Å². The van der Waals surface area contributed by atoms with Crippen molar-refractivity contribution in [3.05, 3.63) is 57.0 Å². The van der Waals surface area contributed by atoms with Crippen molar-refractivity contribution in [1.29, 1.82) is 0 Å². The van der Waals surface area contributed by atoms with E-state index in [0.29, 0.717) is 35.4 Å². The summed E-state index contributed by atoms with van der Waals surface area (Å²) >= 11 is 0. The van der Waals surface area contributed by atoms with Crippen LogP contribution < -0.4 is 21.5 Å². The van der Waals surface area contributed by atoms with Crippen LogP contribution in [0.5, 0.6) is 0 Å². The zero-order chi connectivity index (χ0) is 20.7. The zero-order valence-corrected chi connectivity index (χ0v) is 16.4. The van der Waals surface area contributed by atoms with Crippen molar-refractivity contribution in [2.45, 2.75) is 32.1 Å². The number of hydrogen-bond donors (Lipinski definition) is 3. The number of hydrogen-bond acceptors (Lipinski definition) is 6. The largest absolute Gasteiger partial charge is 0.369 e. The molecule has 0 radical (unpaired) electrons. The molecule has 5 rings (SSSR count). The number of likely N-dealkylation sites (N-methyl/N-ethyl adjacent to an activating group) is 1. The fraction of sp³-hybridized carbons (Fsp3) is 0.333. The smallest absolute Gasteiger partial charge is 0.259 e. The Morgan fingerprint density at radius 3 is 2.62 bits per heavy atom. The standard InChI is InChI=1S/C21H21N5O3/c1-20(2)8-11-14(13(27)9-20)21(15-16(23-11)24-19(22)25-17(15)28)10-6-4-5-7-12(10)26(3)18(21)29/h4-7H,8-9H2,1-3H3,(H4,22,23,24,25,28). The van der Waals surface area contributed by atoms with Gasteiger partial charge in [0.25, 0.3) is 5.56 Å². The molecule has 148 valence electrons. The third-order valence-electron chi connectivity index (χ3n) is 6.13. The van der Waals surface area contributed by atoms with Gasteiger partial charge in [-0.15, -0.1) is 0 Å². The van der Waals surface area contributed by atoms with Crippen molar-refractivity contribution in [3.63, 3.8) is 0 Å². The number of H-pyrrole nitrogens is 1. The van der Waals surface area contributed by atoms with E-state index in [9.17, 15) is 14.4 Å². The number of carbonyl (C=O) groups excluding carboxylic acids is 2. The minimum absolute atomic E-state index is 0.0473. The topological polar surface area (TPSA) is 121 Å². The third kappa shape index (κ3) is 2.08. The van der Waals surface area contributed by atoms with Gasteiger partial charge in [-0.05, 0) is 17.9 Å². The summed E-state index contributed by atoms with van der Waals surface area (Å²) < 4.78 is 0. The average molecular weight is 391 g/mol. The Labute approximate surface area is 166 Å². The Hall–Kier alpha value is -3.42. The predicted molar refractivity (Wildman–Crippen MR) is 109 cm³/mol. The Morgan fingerprint density at radius 1 is 1.14 bits per heavy atom. The predicted octanol–water partition coefficient (Wildman–Crippen LogP) is 1.68. The van der Waals surface area contributed by atoms with E-state index in [-0.39, 0.29) is 34.4 Å². The maximum absolute atomic E-state index is 13.8. The number of allylic oxidation sites excluding steroid dienone is 1. The van der Waals surface area contributed by atoms with Gasteiger partial charge < -0.3 is 16.0 Å². The molecular weight excluding hydrogens is 370 g/mol. The van der Waals surface area contributed by atoms with Crippen molar-refractivity contribution in [1.82, 2.24) is 9.97 Å². The summed E-state index contributed by atoms with van der Waals surface area (Å²) in [5, 5.41) is 3.16. The molecule has 8 nitrogen and oxygen atoms in total. The zero-order valence-electron chi connectivity index (χ0n) is 16.4. The van der Waals surface area contributed by atoms with E-state index in [2.05, 4.69) is 15.3 Å². The fourth-order valence-electron chi connectivity index (χ4n) is 5.10. The van der Waals surface area contributed by atoms with E-state index in [1.807, 2.05) is 32.0 Å². The molecule has 1 unspecified atom stereocenters. The van der Waals surface area contributed by atoms with Crippen molar-refractivity contribution in [2.75, 3.05) is 23.0 Å². The van der Waals surface area contributed by atoms with Crippen LogP contribution in [0.2, 0.25) is 0 Å². The maximum atomic E-state index is 13.8. The molecule has 8 heteroatoms.